The van der Waals surface area contributed by atoms with Crippen molar-refractivity contribution >= 4 is 50.0 Å². The summed E-state index contributed by atoms with van der Waals surface area (Å²) in [4.78, 5) is 41.3. The summed E-state index contributed by atoms with van der Waals surface area (Å²) < 4.78 is 47.4. The van der Waals surface area contributed by atoms with Gasteiger partial charge in [0, 0.05) is 17.1 Å². The van der Waals surface area contributed by atoms with E-state index in [0.717, 1.165) is 17.4 Å². The fourth-order valence-electron chi connectivity index (χ4n) is 4.14. The maximum absolute atomic E-state index is 13.3. The molecule has 0 unspecified atom stereocenters. The van der Waals surface area contributed by atoms with Gasteiger partial charge in [0.05, 0.1) is 50.6 Å². The van der Waals surface area contributed by atoms with E-state index < -0.39 is 28.8 Å². The number of benzene rings is 1. The van der Waals surface area contributed by atoms with E-state index in [1.807, 2.05) is 0 Å². The smallest absolute Gasteiger partial charge is 0.416 e. The van der Waals surface area contributed by atoms with E-state index in [4.69, 9.17) is 16.3 Å². The van der Waals surface area contributed by atoms with E-state index in [1.54, 1.807) is 12.1 Å². The largest absolute Gasteiger partial charge is 0.488 e. The first-order valence-electron chi connectivity index (χ1n) is 11.3. The van der Waals surface area contributed by atoms with Crippen molar-refractivity contribution in [2.24, 2.45) is 0 Å². The molecule has 15 heteroatoms. The number of carboxylic acid groups (broad SMARTS) is 1. The Labute approximate surface area is 230 Å². The van der Waals surface area contributed by atoms with Gasteiger partial charge in [-0.3, -0.25) is 14.3 Å². The third-order valence-electron chi connectivity index (χ3n) is 5.94. The van der Waals surface area contributed by atoms with Gasteiger partial charge in [0.25, 0.3) is 5.56 Å². The Balaban J connectivity index is 1.49. The Morgan fingerprint density at radius 3 is 2.75 bits per heavy atom. The van der Waals surface area contributed by atoms with Crippen LogP contribution >= 0.6 is 22.9 Å². The second kappa shape index (κ2) is 10.2. The molecule has 0 spiro atoms. The van der Waals surface area contributed by atoms with Crippen LogP contribution in [-0.2, 0) is 12.7 Å². The molecule has 0 radical (unpaired) electrons. The number of nitriles is 1. The SMILES string of the molecule is Cc1nc2cc(C(F)(F)F)cc(C#N)c2c(=O)n1CCOc1cnc(Cl)nc1-c1ccnc2c(C(=O)O)csc12. The van der Waals surface area contributed by atoms with E-state index in [1.165, 1.54) is 29.3 Å². The van der Waals surface area contributed by atoms with Gasteiger partial charge in [0.2, 0.25) is 5.28 Å². The lowest BCUT2D eigenvalue weighted by Gasteiger charge is -2.15. The molecule has 202 valence electrons. The monoisotopic (exact) mass is 586 g/mol. The summed E-state index contributed by atoms with van der Waals surface area (Å²) in [5.74, 6) is -0.839. The van der Waals surface area contributed by atoms with Gasteiger partial charge in [-0.25, -0.2) is 19.7 Å². The summed E-state index contributed by atoms with van der Waals surface area (Å²) in [6.45, 7) is 1.26. The predicted molar refractivity (Wildman–Crippen MR) is 139 cm³/mol. The van der Waals surface area contributed by atoms with Gasteiger partial charge >= 0.3 is 12.1 Å². The molecule has 0 amide bonds. The van der Waals surface area contributed by atoms with E-state index in [2.05, 4.69) is 19.9 Å². The molecular formula is C25H14ClF3N6O4S. The number of rotatable bonds is 6. The fraction of sp³-hybridized carbons (Fsp3) is 0.160. The van der Waals surface area contributed by atoms with E-state index in [-0.39, 0.29) is 57.7 Å². The summed E-state index contributed by atoms with van der Waals surface area (Å²) in [6.07, 6.45) is -1.96. The highest BCUT2D eigenvalue weighted by molar-refractivity contribution is 7.18. The molecule has 0 fully saturated rings. The number of nitrogens with zero attached hydrogens (tertiary/aromatic N) is 6. The van der Waals surface area contributed by atoms with Crippen molar-refractivity contribution in [1.29, 1.82) is 5.26 Å². The first-order valence-corrected chi connectivity index (χ1v) is 12.5. The molecule has 0 atom stereocenters. The van der Waals surface area contributed by atoms with Crippen molar-refractivity contribution in [2.45, 2.75) is 19.6 Å². The normalized spacial score (nSPS) is 11.6. The average molecular weight is 587 g/mol. The highest BCUT2D eigenvalue weighted by Crippen LogP contribution is 2.37. The van der Waals surface area contributed by atoms with Crippen molar-refractivity contribution in [3.63, 3.8) is 0 Å². The zero-order valence-electron chi connectivity index (χ0n) is 20.2. The number of hydrogen-bond acceptors (Lipinski definition) is 9. The Hall–Kier alpha value is -4.61. The molecule has 0 aliphatic heterocycles. The molecule has 5 aromatic rings. The molecular weight excluding hydrogens is 573 g/mol. The molecule has 5 rings (SSSR count). The molecule has 0 bridgehead atoms. The molecule has 1 N–H and O–H groups in total. The highest BCUT2D eigenvalue weighted by Gasteiger charge is 2.32. The van der Waals surface area contributed by atoms with Crippen LogP contribution in [0.2, 0.25) is 5.28 Å². The maximum atomic E-state index is 13.3. The van der Waals surface area contributed by atoms with Crippen LogP contribution in [0, 0.1) is 18.3 Å². The molecule has 4 heterocycles. The van der Waals surface area contributed by atoms with Crippen molar-refractivity contribution in [2.75, 3.05) is 6.61 Å². The highest BCUT2D eigenvalue weighted by atomic mass is 35.5. The number of carbonyl (C=O) groups is 1. The van der Waals surface area contributed by atoms with Crippen LogP contribution in [-0.4, -0.2) is 42.2 Å². The van der Waals surface area contributed by atoms with Crippen molar-refractivity contribution in [3.8, 4) is 23.1 Å². The van der Waals surface area contributed by atoms with Crippen molar-refractivity contribution < 1.29 is 27.8 Å². The molecule has 0 saturated heterocycles. The number of hydrogen-bond donors (Lipinski definition) is 1. The number of fused-ring (bicyclic) bond motifs is 2. The molecule has 10 nitrogen and oxygen atoms in total. The number of aromatic nitrogens is 5. The number of aryl methyl sites for hydroxylation is 1. The average Bonchev–Trinajstić information content (AvgIpc) is 3.34. The lowest BCUT2D eigenvalue weighted by atomic mass is 10.1. The minimum atomic E-state index is -4.71. The van der Waals surface area contributed by atoms with Gasteiger partial charge in [0.1, 0.15) is 24.2 Å². The van der Waals surface area contributed by atoms with Crippen LogP contribution in [0.1, 0.15) is 27.3 Å². The van der Waals surface area contributed by atoms with Crippen LogP contribution in [0.4, 0.5) is 13.2 Å². The van der Waals surface area contributed by atoms with Gasteiger partial charge in [-0.15, -0.1) is 11.3 Å². The van der Waals surface area contributed by atoms with Crippen molar-refractivity contribution in [1.82, 2.24) is 24.5 Å². The molecule has 0 aliphatic carbocycles. The van der Waals surface area contributed by atoms with Gasteiger partial charge in [0.15, 0.2) is 5.75 Å². The van der Waals surface area contributed by atoms with E-state index >= 15 is 0 Å². The van der Waals surface area contributed by atoms with Crippen LogP contribution in [0.3, 0.4) is 0 Å². The topological polar surface area (TPSA) is 144 Å². The third kappa shape index (κ3) is 4.80. The maximum Gasteiger partial charge on any atom is 0.416 e. The summed E-state index contributed by atoms with van der Waals surface area (Å²) >= 11 is 7.19. The number of alkyl halides is 3. The number of thiophene rings is 1. The summed E-state index contributed by atoms with van der Waals surface area (Å²) in [5, 5.41) is 20.0. The Morgan fingerprint density at radius 1 is 1.27 bits per heavy atom. The number of aromatic carboxylic acids is 1. The second-order valence-corrected chi connectivity index (χ2v) is 9.55. The van der Waals surface area contributed by atoms with Gasteiger partial charge in [-0.05, 0) is 36.7 Å². The Morgan fingerprint density at radius 2 is 2.05 bits per heavy atom. The number of ether oxygens (including phenoxy) is 1. The van der Waals surface area contributed by atoms with Crippen LogP contribution < -0.4 is 10.3 Å². The molecule has 1 aromatic carbocycles. The van der Waals surface area contributed by atoms with E-state index in [9.17, 15) is 33.1 Å². The second-order valence-electron chi connectivity index (χ2n) is 8.33. The van der Waals surface area contributed by atoms with Crippen LogP contribution in [0.15, 0.2) is 40.8 Å². The standard InChI is InChI=1S/C25H14ClF3N6O4S/c1-11-33-16-7-13(25(27,28)29)6-12(8-30)18(16)22(36)35(11)4-5-39-17-9-32-24(26)34-19(17)14-2-3-31-20-15(23(37)38)10-40-21(14)20/h2-3,6-7,9-10H,4-5H2,1H3,(H,37,38). The predicted octanol–water partition coefficient (Wildman–Crippen LogP) is 5.09. The summed E-state index contributed by atoms with van der Waals surface area (Å²) in [5.41, 5.74) is -1.39. The van der Waals surface area contributed by atoms with Crippen LogP contribution in [0.5, 0.6) is 5.75 Å². The van der Waals surface area contributed by atoms with Crippen LogP contribution in [0.25, 0.3) is 32.4 Å². The molecule has 0 aliphatic rings. The van der Waals surface area contributed by atoms with Gasteiger partial charge < -0.3 is 9.84 Å². The quantitative estimate of drug-likeness (QED) is 0.269. The minimum Gasteiger partial charge on any atom is -0.488 e. The summed E-state index contributed by atoms with van der Waals surface area (Å²) in [7, 11) is 0. The molecule has 4 aromatic heterocycles. The van der Waals surface area contributed by atoms with Gasteiger partial charge in [-0.2, -0.15) is 18.4 Å². The lowest BCUT2D eigenvalue weighted by Crippen LogP contribution is -2.27. The Kier molecular flexibility index (Phi) is 6.86. The zero-order valence-corrected chi connectivity index (χ0v) is 21.7. The lowest BCUT2D eigenvalue weighted by molar-refractivity contribution is -0.137. The first-order chi connectivity index (χ1) is 19.0. The first kappa shape index (κ1) is 27.0. The number of halogens is 4. The molecule has 40 heavy (non-hydrogen) atoms. The van der Waals surface area contributed by atoms with E-state index in [0.29, 0.717) is 16.3 Å². The number of carboxylic acids is 1. The summed E-state index contributed by atoms with van der Waals surface area (Å²) in [6, 6.07) is 4.63. The fourth-order valence-corrected chi connectivity index (χ4v) is 5.28. The zero-order chi connectivity index (χ0) is 28.8. The van der Waals surface area contributed by atoms with Crippen molar-refractivity contribution in [3.05, 3.63) is 74.1 Å². The number of pyridine rings is 1. The molecule has 0 saturated carbocycles. The Bertz CT molecular complexity index is 1930. The van der Waals surface area contributed by atoms with Gasteiger partial charge in [-0.1, -0.05) is 0 Å². The third-order valence-corrected chi connectivity index (χ3v) is 7.12. The minimum absolute atomic E-state index is 0.0298.